The standard InChI is InChI=1S/C6H8N2O3/c9-6(10)5-3-1-7-2-4(3)11-8-5/h3-4,7H,1-2H2,(H,9,10)/t3-,4+/m1/s1. The zero-order chi connectivity index (χ0) is 7.84. The van der Waals surface area contributed by atoms with E-state index in [0.717, 1.165) is 0 Å². The first kappa shape index (κ1) is 6.60. The number of aliphatic carboxylic acids is 1. The molecule has 0 aliphatic carbocycles. The molecule has 0 spiro atoms. The average Bonchev–Trinajstić information content (AvgIpc) is 2.41. The summed E-state index contributed by atoms with van der Waals surface area (Å²) in [5, 5.41) is 15.2. The number of rotatable bonds is 1. The van der Waals surface area contributed by atoms with Gasteiger partial charge >= 0.3 is 5.97 Å². The first-order valence-corrected chi connectivity index (χ1v) is 3.47. The van der Waals surface area contributed by atoms with E-state index >= 15 is 0 Å². The summed E-state index contributed by atoms with van der Waals surface area (Å²) in [5.41, 5.74) is 0.153. The van der Waals surface area contributed by atoms with E-state index < -0.39 is 5.97 Å². The molecule has 2 atom stereocenters. The topological polar surface area (TPSA) is 70.9 Å². The molecule has 0 amide bonds. The van der Waals surface area contributed by atoms with Crippen LogP contribution in [0.15, 0.2) is 5.16 Å². The van der Waals surface area contributed by atoms with Crippen LogP contribution in [0.3, 0.4) is 0 Å². The Morgan fingerprint density at radius 2 is 2.55 bits per heavy atom. The van der Waals surface area contributed by atoms with E-state index in [2.05, 4.69) is 10.5 Å². The Balaban J connectivity index is 2.18. The van der Waals surface area contributed by atoms with Crippen LogP contribution in [-0.2, 0) is 9.63 Å². The molecule has 2 aliphatic heterocycles. The average molecular weight is 156 g/mol. The molecule has 0 bridgehead atoms. The number of nitrogens with one attached hydrogen (secondary N) is 1. The SMILES string of the molecule is O=C(O)C1=NO[C@H]2CNC[C@@H]12. The van der Waals surface area contributed by atoms with Crippen LogP contribution >= 0.6 is 0 Å². The van der Waals surface area contributed by atoms with Crippen LogP contribution in [0.1, 0.15) is 0 Å². The summed E-state index contributed by atoms with van der Waals surface area (Å²) < 4.78 is 0. The molecule has 2 N–H and O–H groups in total. The summed E-state index contributed by atoms with van der Waals surface area (Å²) in [6.45, 7) is 1.36. The number of fused-ring (bicyclic) bond motifs is 1. The number of hydrogen-bond acceptors (Lipinski definition) is 4. The zero-order valence-electron chi connectivity index (χ0n) is 5.78. The molecule has 5 nitrogen and oxygen atoms in total. The normalized spacial score (nSPS) is 34.4. The van der Waals surface area contributed by atoms with Gasteiger partial charge in [0, 0.05) is 13.1 Å². The molecule has 0 aromatic rings. The predicted molar refractivity (Wildman–Crippen MR) is 36.3 cm³/mol. The number of oxime groups is 1. The Morgan fingerprint density at radius 3 is 3.27 bits per heavy atom. The molecule has 0 aromatic carbocycles. The third-order valence-corrected chi connectivity index (χ3v) is 2.02. The Bertz CT molecular complexity index is 226. The van der Waals surface area contributed by atoms with Crippen molar-refractivity contribution in [3.8, 4) is 0 Å². The summed E-state index contributed by atoms with van der Waals surface area (Å²) in [5.74, 6) is -1.02. The minimum atomic E-state index is -0.971. The van der Waals surface area contributed by atoms with Gasteiger partial charge in [0.15, 0.2) is 5.71 Å². The minimum absolute atomic E-state index is 0.0486. The molecule has 1 fully saturated rings. The number of nitrogens with zero attached hydrogens (tertiary/aromatic N) is 1. The van der Waals surface area contributed by atoms with Gasteiger partial charge in [-0.2, -0.15) is 0 Å². The highest BCUT2D eigenvalue weighted by Gasteiger charge is 2.41. The van der Waals surface area contributed by atoms with Gasteiger partial charge < -0.3 is 15.3 Å². The lowest BCUT2D eigenvalue weighted by Crippen LogP contribution is -2.26. The van der Waals surface area contributed by atoms with Gasteiger partial charge in [-0.05, 0) is 0 Å². The number of carbonyl (C=O) groups is 1. The Kier molecular flexibility index (Phi) is 1.32. The first-order chi connectivity index (χ1) is 5.29. The highest BCUT2D eigenvalue weighted by atomic mass is 16.6. The molecule has 0 unspecified atom stereocenters. The van der Waals surface area contributed by atoms with Gasteiger partial charge in [-0.3, -0.25) is 0 Å². The third kappa shape index (κ3) is 0.883. The largest absolute Gasteiger partial charge is 0.477 e. The van der Waals surface area contributed by atoms with E-state index in [1.54, 1.807) is 0 Å². The van der Waals surface area contributed by atoms with E-state index in [1.165, 1.54) is 0 Å². The quantitative estimate of drug-likeness (QED) is 0.513. The number of carboxylic acid groups (broad SMARTS) is 1. The molecule has 11 heavy (non-hydrogen) atoms. The maximum absolute atomic E-state index is 10.5. The fourth-order valence-corrected chi connectivity index (χ4v) is 1.43. The van der Waals surface area contributed by atoms with E-state index in [-0.39, 0.29) is 17.7 Å². The van der Waals surface area contributed by atoms with Crippen molar-refractivity contribution in [2.45, 2.75) is 6.10 Å². The highest BCUT2D eigenvalue weighted by molar-refractivity contribution is 6.36. The molecule has 0 aromatic heterocycles. The number of carboxylic acids is 1. The second-order valence-electron chi connectivity index (χ2n) is 2.69. The molecule has 0 radical (unpaired) electrons. The van der Waals surface area contributed by atoms with Crippen molar-refractivity contribution in [3.63, 3.8) is 0 Å². The van der Waals surface area contributed by atoms with Crippen molar-refractivity contribution < 1.29 is 14.7 Å². The van der Waals surface area contributed by atoms with Gasteiger partial charge in [-0.25, -0.2) is 4.79 Å². The lowest BCUT2D eigenvalue weighted by atomic mass is 10.0. The van der Waals surface area contributed by atoms with Crippen LogP contribution in [0, 0.1) is 5.92 Å². The molecule has 60 valence electrons. The second-order valence-corrected chi connectivity index (χ2v) is 2.69. The van der Waals surface area contributed by atoms with Gasteiger partial charge in [-0.1, -0.05) is 5.16 Å². The lowest BCUT2D eigenvalue weighted by Gasteiger charge is -2.03. The summed E-state index contributed by atoms with van der Waals surface area (Å²) in [6, 6.07) is 0. The van der Waals surface area contributed by atoms with E-state index in [0.29, 0.717) is 13.1 Å². The van der Waals surface area contributed by atoms with Gasteiger partial charge in [0.25, 0.3) is 0 Å². The van der Waals surface area contributed by atoms with Gasteiger partial charge in [0.2, 0.25) is 0 Å². The van der Waals surface area contributed by atoms with E-state index in [4.69, 9.17) is 9.94 Å². The van der Waals surface area contributed by atoms with Crippen molar-refractivity contribution >= 4 is 11.7 Å². The second kappa shape index (κ2) is 2.20. The van der Waals surface area contributed by atoms with Crippen molar-refractivity contribution in [3.05, 3.63) is 0 Å². The summed E-state index contributed by atoms with van der Waals surface area (Å²) in [4.78, 5) is 15.4. The molecule has 2 heterocycles. The monoisotopic (exact) mass is 156 g/mol. The molecular weight excluding hydrogens is 148 g/mol. The molecule has 2 rings (SSSR count). The fourth-order valence-electron chi connectivity index (χ4n) is 1.43. The maximum Gasteiger partial charge on any atom is 0.354 e. The third-order valence-electron chi connectivity index (χ3n) is 2.02. The number of hydrogen-bond donors (Lipinski definition) is 2. The molecule has 0 saturated carbocycles. The van der Waals surface area contributed by atoms with Gasteiger partial charge in [0.05, 0.1) is 5.92 Å². The fraction of sp³-hybridized carbons (Fsp3) is 0.667. The van der Waals surface area contributed by atoms with Crippen molar-refractivity contribution in [1.29, 1.82) is 0 Å². The van der Waals surface area contributed by atoms with E-state index in [1.807, 2.05) is 0 Å². The molecule has 5 heteroatoms. The van der Waals surface area contributed by atoms with Crippen LogP contribution in [-0.4, -0.2) is 36.0 Å². The van der Waals surface area contributed by atoms with Crippen molar-refractivity contribution in [2.75, 3.05) is 13.1 Å². The van der Waals surface area contributed by atoms with Crippen LogP contribution in [0.4, 0.5) is 0 Å². The first-order valence-electron chi connectivity index (χ1n) is 3.47. The maximum atomic E-state index is 10.5. The van der Waals surface area contributed by atoms with Crippen LogP contribution in [0.25, 0.3) is 0 Å². The molecule has 1 saturated heterocycles. The van der Waals surface area contributed by atoms with Crippen molar-refractivity contribution in [1.82, 2.24) is 5.32 Å². The Hall–Kier alpha value is -1.10. The van der Waals surface area contributed by atoms with Crippen molar-refractivity contribution in [2.24, 2.45) is 11.1 Å². The van der Waals surface area contributed by atoms with Gasteiger partial charge in [-0.15, -0.1) is 0 Å². The Morgan fingerprint density at radius 1 is 1.73 bits per heavy atom. The minimum Gasteiger partial charge on any atom is -0.477 e. The summed E-state index contributed by atoms with van der Waals surface area (Å²) in [7, 11) is 0. The summed E-state index contributed by atoms with van der Waals surface area (Å²) >= 11 is 0. The van der Waals surface area contributed by atoms with Gasteiger partial charge in [0.1, 0.15) is 6.10 Å². The summed E-state index contributed by atoms with van der Waals surface area (Å²) in [6.07, 6.45) is -0.0545. The Labute approximate surface area is 63.0 Å². The lowest BCUT2D eigenvalue weighted by molar-refractivity contribution is -0.129. The van der Waals surface area contributed by atoms with E-state index in [9.17, 15) is 4.79 Å². The molecular formula is C6H8N2O3. The predicted octanol–water partition coefficient (Wildman–Crippen LogP) is -0.955. The zero-order valence-corrected chi connectivity index (χ0v) is 5.78. The molecule has 2 aliphatic rings. The van der Waals surface area contributed by atoms with Crippen LogP contribution in [0.5, 0.6) is 0 Å². The van der Waals surface area contributed by atoms with Crippen LogP contribution < -0.4 is 5.32 Å². The van der Waals surface area contributed by atoms with Crippen LogP contribution in [0.2, 0.25) is 0 Å². The smallest absolute Gasteiger partial charge is 0.354 e. The highest BCUT2D eigenvalue weighted by Crippen LogP contribution is 2.21.